The van der Waals surface area contributed by atoms with E-state index in [-0.39, 0.29) is 0 Å². The second kappa shape index (κ2) is 5.37. The molecule has 4 heteroatoms. The topological polar surface area (TPSA) is 15.7 Å². The van der Waals surface area contributed by atoms with Crippen LogP contribution in [-0.4, -0.2) is 52.3 Å². The Kier molecular flexibility index (Phi) is 3.85. The molecule has 1 aromatic rings. The first-order valence-electron chi connectivity index (χ1n) is 5.80. The van der Waals surface area contributed by atoms with Crippen LogP contribution in [0.2, 0.25) is 0 Å². The Labute approximate surface area is 98.4 Å². The van der Waals surface area contributed by atoms with Gasteiger partial charge in [-0.2, -0.15) is 0 Å². The molecule has 1 fully saturated rings. The standard InChI is InChI=1S/C12H19BN2O/c1-14-7-8-15(12(9-14)10-16-13)11-5-3-2-4-6-11/h2-6,12H,7-10,13H2,1H3. The van der Waals surface area contributed by atoms with E-state index in [0.717, 1.165) is 26.2 Å². The molecule has 1 aliphatic rings. The molecule has 1 atom stereocenters. The Morgan fingerprint density at radius 3 is 2.75 bits per heavy atom. The van der Waals surface area contributed by atoms with Gasteiger partial charge in [0.05, 0.1) is 6.04 Å². The van der Waals surface area contributed by atoms with Gasteiger partial charge in [-0.25, -0.2) is 0 Å². The lowest BCUT2D eigenvalue weighted by Crippen LogP contribution is -2.53. The van der Waals surface area contributed by atoms with Gasteiger partial charge in [0.2, 0.25) is 0 Å². The van der Waals surface area contributed by atoms with Crippen molar-refractivity contribution in [1.29, 1.82) is 0 Å². The molecule has 86 valence electrons. The van der Waals surface area contributed by atoms with Crippen LogP contribution in [-0.2, 0) is 4.65 Å². The van der Waals surface area contributed by atoms with Gasteiger partial charge < -0.3 is 14.5 Å². The SMILES string of the molecule is BOCC1CN(C)CCN1c1ccccc1. The quantitative estimate of drug-likeness (QED) is 0.682. The summed E-state index contributed by atoms with van der Waals surface area (Å²) in [6, 6.07) is 11.1. The normalized spacial score (nSPS) is 22.3. The minimum Gasteiger partial charge on any atom is -0.442 e. The third kappa shape index (κ3) is 2.57. The van der Waals surface area contributed by atoms with E-state index in [0.29, 0.717) is 6.04 Å². The first-order valence-corrected chi connectivity index (χ1v) is 5.80. The number of para-hydroxylation sites is 1. The maximum absolute atomic E-state index is 5.31. The van der Waals surface area contributed by atoms with E-state index >= 15 is 0 Å². The van der Waals surface area contributed by atoms with Gasteiger partial charge in [-0.15, -0.1) is 0 Å². The summed E-state index contributed by atoms with van der Waals surface area (Å²) >= 11 is 0. The van der Waals surface area contributed by atoms with Crippen molar-refractivity contribution in [3.05, 3.63) is 30.3 Å². The zero-order chi connectivity index (χ0) is 11.4. The van der Waals surface area contributed by atoms with Gasteiger partial charge in [0, 0.05) is 31.9 Å². The molecule has 0 bridgehead atoms. The predicted molar refractivity (Wildman–Crippen MR) is 69.6 cm³/mol. The monoisotopic (exact) mass is 218 g/mol. The summed E-state index contributed by atoms with van der Waals surface area (Å²) in [7, 11) is 3.95. The number of hydrogen-bond donors (Lipinski definition) is 0. The molecule has 3 nitrogen and oxygen atoms in total. The molecule has 0 aromatic heterocycles. The van der Waals surface area contributed by atoms with Crippen molar-refractivity contribution in [2.45, 2.75) is 6.04 Å². The summed E-state index contributed by atoms with van der Waals surface area (Å²) in [6.07, 6.45) is 0. The lowest BCUT2D eigenvalue weighted by molar-refractivity contribution is 0.212. The molecule has 1 heterocycles. The van der Waals surface area contributed by atoms with Crippen LogP contribution in [0.25, 0.3) is 0 Å². The van der Waals surface area contributed by atoms with Gasteiger partial charge >= 0.3 is 0 Å². The van der Waals surface area contributed by atoms with E-state index in [9.17, 15) is 0 Å². The maximum Gasteiger partial charge on any atom is 0.257 e. The molecule has 0 radical (unpaired) electrons. The fourth-order valence-corrected chi connectivity index (χ4v) is 2.31. The predicted octanol–water partition coefficient (Wildman–Crippen LogP) is 0.372. The lowest BCUT2D eigenvalue weighted by Gasteiger charge is -2.41. The highest BCUT2D eigenvalue weighted by atomic mass is 16.4. The van der Waals surface area contributed by atoms with Gasteiger partial charge in [0.1, 0.15) is 0 Å². The first kappa shape index (κ1) is 11.5. The van der Waals surface area contributed by atoms with Crippen molar-refractivity contribution in [3.8, 4) is 0 Å². The van der Waals surface area contributed by atoms with Gasteiger partial charge in [0.25, 0.3) is 8.05 Å². The van der Waals surface area contributed by atoms with Crippen LogP contribution >= 0.6 is 0 Å². The highest BCUT2D eigenvalue weighted by Gasteiger charge is 2.24. The van der Waals surface area contributed by atoms with Crippen LogP contribution in [0.5, 0.6) is 0 Å². The van der Waals surface area contributed by atoms with Crippen molar-refractivity contribution >= 4 is 13.7 Å². The number of piperazine rings is 1. The Bertz CT molecular complexity index is 320. The summed E-state index contributed by atoms with van der Waals surface area (Å²) in [5, 5.41) is 0. The van der Waals surface area contributed by atoms with Crippen molar-refractivity contribution in [1.82, 2.24) is 4.90 Å². The van der Waals surface area contributed by atoms with E-state index < -0.39 is 0 Å². The molecule has 0 N–H and O–H groups in total. The van der Waals surface area contributed by atoms with Crippen molar-refractivity contribution < 1.29 is 4.65 Å². The van der Waals surface area contributed by atoms with Crippen molar-refractivity contribution in [2.24, 2.45) is 0 Å². The van der Waals surface area contributed by atoms with Crippen LogP contribution in [0.15, 0.2) is 30.3 Å². The Hall–Kier alpha value is -0.995. The Morgan fingerprint density at radius 2 is 2.06 bits per heavy atom. The number of likely N-dealkylation sites (N-methyl/N-ethyl adjacent to an activating group) is 1. The maximum atomic E-state index is 5.31. The molecule has 1 unspecified atom stereocenters. The number of rotatable bonds is 3. The summed E-state index contributed by atoms with van der Waals surface area (Å²) in [6.45, 7) is 4.06. The van der Waals surface area contributed by atoms with Gasteiger partial charge in [0.15, 0.2) is 0 Å². The molecule has 0 spiro atoms. The zero-order valence-corrected chi connectivity index (χ0v) is 10.1. The Balaban J connectivity index is 2.12. The summed E-state index contributed by atoms with van der Waals surface area (Å²) < 4.78 is 5.31. The van der Waals surface area contributed by atoms with Crippen molar-refractivity contribution in [2.75, 3.05) is 38.2 Å². The van der Waals surface area contributed by atoms with Crippen LogP contribution in [0.4, 0.5) is 5.69 Å². The molecule has 0 saturated carbocycles. The third-order valence-corrected chi connectivity index (χ3v) is 3.13. The number of nitrogens with zero attached hydrogens (tertiary/aromatic N) is 2. The molecule has 1 aliphatic heterocycles. The highest BCUT2D eigenvalue weighted by Crippen LogP contribution is 2.19. The average Bonchev–Trinajstić information content (AvgIpc) is 2.31. The van der Waals surface area contributed by atoms with E-state index in [2.05, 4.69) is 47.2 Å². The summed E-state index contributed by atoms with van der Waals surface area (Å²) in [5.74, 6) is 0. The summed E-state index contributed by atoms with van der Waals surface area (Å²) in [5.41, 5.74) is 1.30. The molecular formula is C12H19BN2O. The molecule has 1 saturated heterocycles. The van der Waals surface area contributed by atoms with Crippen LogP contribution in [0.1, 0.15) is 0 Å². The largest absolute Gasteiger partial charge is 0.442 e. The van der Waals surface area contributed by atoms with Gasteiger partial charge in [-0.1, -0.05) is 18.2 Å². The lowest BCUT2D eigenvalue weighted by atomic mass is 10.1. The van der Waals surface area contributed by atoms with Crippen LogP contribution in [0.3, 0.4) is 0 Å². The van der Waals surface area contributed by atoms with Crippen LogP contribution < -0.4 is 4.90 Å². The van der Waals surface area contributed by atoms with Gasteiger partial charge in [-0.3, -0.25) is 0 Å². The highest BCUT2D eigenvalue weighted by molar-refractivity contribution is 5.98. The molecule has 16 heavy (non-hydrogen) atoms. The average molecular weight is 218 g/mol. The molecule has 0 aliphatic carbocycles. The fourth-order valence-electron chi connectivity index (χ4n) is 2.31. The Morgan fingerprint density at radius 1 is 1.31 bits per heavy atom. The van der Waals surface area contributed by atoms with E-state index in [1.807, 2.05) is 0 Å². The molecule has 1 aromatic carbocycles. The summed E-state index contributed by atoms with van der Waals surface area (Å²) in [4.78, 5) is 4.81. The number of hydrogen-bond acceptors (Lipinski definition) is 3. The number of benzene rings is 1. The minimum atomic E-state index is 0.464. The second-order valence-electron chi connectivity index (χ2n) is 4.40. The van der Waals surface area contributed by atoms with Crippen LogP contribution in [0, 0.1) is 0 Å². The third-order valence-electron chi connectivity index (χ3n) is 3.13. The van der Waals surface area contributed by atoms with E-state index in [4.69, 9.17) is 4.65 Å². The number of anilines is 1. The molecule has 0 amide bonds. The molecule has 2 rings (SSSR count). The fraction of sp³-hybridized carbons (Fsp3) is 0.500. The smallest absolute Gasteiger partial charge is 0.257 e. The zero-order valence-electron chi connectivity index (χ0n) is 10.1. The molecular weight excluding hydrogens is 199 g/mol. The first-order chi connectivity index (χ1) is 7.81. The second-order valence-corrected chi connectivity index (χ2v) is 4.40. The minimum absolute atomic E-state index is 0.464. The van der Waals surface area contributed by atoms with Crippen molar-refractivity contribution in [3.63, 3.8) is 0 Å². The van der Waals surface area contributed by atoms with Gasteiger partial charge in [-0.05, 0) is 19.2 Å². The van der Waals surface area contributed by atoms with E-state index in [1.165, 1.54) is 5.69 Å². The van der Waals surface area contributed by atoms with E-state index in [1.54, 1.807) is 8.05 Å².